The van der Waals surface area contributed by atoms with Gasteiger partial charge in [0.15, 0.2) is 0 Å². The van der Waals surface area contributed by atoms with E-state index in [4.69, 9.17) is 10.5 Å². The van der Waals surface area contributed by atoms with Gasteiger partial charge in [0.25, 0.3) is 17.7 Å². The number of alkyl carbamates (subject to hydrolysis) is 1. The Bertz CT molecular complexity index is 1380. The van der Waals surface area contributed by atoms with E-state index in [1.54, 1.807) is 23.6 Å². The molecule has 4 amide bonds. The molecule has 43 heavy (non-hydrogen) atoms. The normalized spacial score (nSPS) is 12.3. The number of carbonyl (C=O) groups is 4. The Morgan fingerprint density at radius 2 is 1.56 bits per heavy atom. The summed E-state index contributed by atoms with van der Waals surface area (Å²) in [5.41, 5.74) is 12.6. The van der Waals surface area contributed by atoms with Crippen molar-refractivity contribution in [3.63, 3.8) is 0 Å². The summed E-state index contributed by atoms with van der Waals surface area (Å²) in [5, 5.41) is 7.68. The van der Waals surface area contributed by atoms with Crippen LogP contribution in [0.15, 0.2) is 60.0 Å². The van der Waals surface area contributed by atoms with Crippen molar-refractivity contribution in [1.29, 1.82) is 0 Å². The third-order valence-corrected chi connectivity index (χ3v) is 7.28. The molecule has 0 radical (unpaired) electrons. The molecule has 0 spiro atoms. The summed E-state index contributed by atoms with van der Waals surface area (Å²) >= 11 is 1.22. The minimum absolute atomic E-state index is 0.0801. The highest BCUT2D eigenvalue weighted by Gasteiger charge is 2.25. The predicted molar refractivity (Wildman–Crippen MR) is 165 cm³/mol. The van der Waals surface area contributed by atoms with Crippen LogP contribution in [-0.4, -0.2) is 34.8 Å². The van der Waals surface area contributed by atoms with Gasteiger partial charge in [-0.3, -0.25) is 25.2 Å². The van der Waals surface area contributed by atoms with E-state index < -0.39 is 35.9 Å². The van der Waals surface area contributed by atoms with E-state index in [-0.39, 0.29) is 30.7 Å². The van der Waals surface area contributed by atoms with Gasteiger partial charge in [0.2, 0.25) is 0 Å². The van der Waals surface area contributed by atoms with Crippen LogP contribution in [0.4, 0.5) is 4.79 Å². The van der Waals surface area contributed by atoms with Gasteiger partial charge in [-0.15, -0.1) is 11.3 Å². The first-order valence-electron chi connectivity index (χ1n) is 14.2. The first-order valence-corrected chi connectivity index (χ1v) is 15.1. The molecule has 3 aromatic rings. The van der Waals surface area contributed by atoms with Crippen LogP contribution < -0.4 is 27.2 Å². The smallest absolute Gasteiger partial charge is 0.408 e. The largest absolute Gasteiger partial charge is 0.445 e. The first kappa shape index (κ1) is 33.2. The van der Waals surface area contributed by atoms with Crippen molar-refractivity contribution < 1.29 is 23.9 Å². The van der Waals surface area contributed by atoms with E-state index in [0.29, 0.717) is 23.4 Å². The number of thiazole rings is 1. The monoisotopic (exact) mass is 608 g/mol. The van der Waals surface area contributed by atoms with Crippen LogP contribution >= 0.6 is 11.3 Å². The molecule has 12 heteroatoms. The predicted octanol–water partition coefficient (Wildman–Crippen LogP) is 4.22. The fraction of sp³-hybridized carbons (Fsp3) is 0.387. The summed E-state index contributed by atoms with van der Waals surface area (Å²) in [6.45, 7) is 8.30. The van der Waals surface area contributed by atoms with Crippen molar-refractivity contribution in [3.8, 4) is 0 Å². The Morgan fingerprint density at radius 1 is 0.860 bits per heavy atom. The Hall–Kier alpha value is -4.29. The average Bonchev–Trinajstić information content (AvgIpc) is 3.49. The molecule has 2 aromatic carbocycles. The maximum absolute atomic E-state index is 13.0. The van der Waals surface area contributed by atoms with Crippen LogP contribution in [0.25, 0.3) is 0 Å². The molecule has 0 unspecified atom stereocenters. The number of hydrogen-bond donors (Lipinski definition) is 5. The van der Waals surface area contributed by atoms with Gasteiger partial charge in [0.1, 0.15) is 23.4 Å². The number of aromatic nitrogens is 1. The molecule has 0 aliphatic rings. The van der Waals surface area contributed by atoms with E-state index in [0.717, 1.165) is 11.1 Å². The second-order valence-electron chi connectivity index (χ2n) is 11.0. The maximum Gasteiger partial charge on any atom is 0.408 e. The third-order valence-electron chi connectivity index (χ3n) is 6.32. The van der Waals surface area contributed by atoms with Crippen LogP contribution in [0.1, 0.15) is 83.6 Å². The van der Waals surface area contributed by atoms with E-state index in [2.05, 4.69) is 26.5 Å². The number of ether oxygens (including phenoxy) is 1. The number of carbonyl (C=O) groups excluding carboxylic acids is 4. The molecule has 6 N–H and O–H groups in total. The molecule has 0 saturated heterocycles. The molecule has 230 valence electrons. The lowest BCUT2D eigenvalue weighted by atomic mass is 10.0. The van der Waals surface area contributed by atoms with Gasteiger partial charge in [-0.05, 0) is 47.9 Å². The summed E-state index contributed by atoms with van der Waals surface area (Å²) in [6, 6.07) is 14.9. The molecule has 0 aliphatic carbocycles. The molecule has 0 saturated carbocycles. The minimum Gasteiger partial charge on any atom is -0.445 e. The van der Waals surface area contributed by atoms with Crippen LogP contribution in [-0.2, 0) is 22.7 Å². The average molecular weight is 609 g/mol. The Balaban J connectivity index is 1.60. The molecule has 0 bridgehead atoms. The van der Waals surface area contributed by atoms with Gasteiger partial charge in [-0.1, -0.05) is 70.2 Å². The number of hydrogen-bond acceptors (Lipinski definition) is 8. The van der Waals surface area contributed by atoms with Crippen LogP contribution in [0.5, 0.6) is 0 Å². The summed E-state index contributed by atoms with van der Waals surface area (Å²) in [5.74, 6) is -1.30. The van der Waals surface area contributed by atoms with Gasteiger partial charge in [-0.25, -0.2) is 9.78 Å². The zero-order valence-electron chi connectivity index (χ0n) is 24.9. The fourth-order valence-electron chi connectivity index (χ4n) is 4.21. The number of nitrogens with two attached hydrogens (primary N) is 1. The topological polar surface area (TPSA) is 165 Å². The summed E-state index contributed by atoms with van der Waals surface area (Å²) in [4.78, 5) is 55.6. The maximum atomic E-state index is 13.0. The van der Waals surface area contributed by atoms with Gasteiger partial charge in [0.05, 0.1) is 6.04 Å². The molecule has 2 atom stereocenters. The second-order valence-corrected chi connectivity index (χ2v) is 11.9. The van der Waals surface area contributed by atoms with Crippen molar-refractivity contribution >= 4 is 35.2 Å². The van der Waals surface area contributed by atoms with E-state index in [1.807, 2.05) is 64.1 Å². The van der Waals surface area contributed by atoms with Gasteiger partial charge >= 0.3 is 6.09 Å². The lowest BCUT2D eigenvalue weighted by Gasteiger charge is -2.20. The first-order chi connectivity index (χ1) is 20.5. The van der Waals surface area contributed by atoms with Gasteiger partial charge in [0, 0.05) is 17.5 Å². The molecular weight excluding hydrogens is 568 g/mol. The lowest BCUT2D eigenvalue weighted by molar-refractivity contribution is -0.124. The summed E-state index contributed by atoms with van der Waals surface area (Å²) in [7, 11) is 0. The highest BCUT2D eigenvalue weighted by atomic mass is 32.1. The van der Waals surface area contributed by atoms with Crippen LogP contribution in [0, 0.1) is 11.8 Å². The lowest BCUT2D eigenvalue weighted by Crippen LogP contribution is -2.52. The Labute approximate surface area is 256 Å². The molecule has 11 nitrogen and oxygen atoms in total. The number of nitrogens with zero attached hydrogens (tertiary/aromatic N) is 1. The summed E-state index contributed by atoms with van der Waals surface area (Å²) in [6.07, 6.45) is 0.348. The second kappa shape index (κ2) is 16.4. The fourth-order valence-corrected chi connectivity index (χ4v) is 5.07. The molecular formula is C31H40N6O5S. The van der Waals surface area contributed by atoms with E-state index >= 15 is 0 Å². The number of benzene rings is 2. The number of amides is 4. The zero-order chi connectivity index (χ0) is 31.4. The van der Waals surface area contributed by atoms with Crippen molar-refractivity contribution in [2.75, 3.05) is 0 Å². The highest BCUT2D eigenvalue weighted by molar-refractivity contribution is 7.09. The SMILES string of the molecule is CC(C)C[C@H](NC(=O)c1cccc(CN)c1)C(=O)NNC(=O)c1csc([C@H](CC(C)C)NC(=O)OCc2ccccc2)n1. The molecule has 0 fully saturated rings. The third kappa shape index (κ3) is 10.8. The minimum atomic E-state index is -0.887. The van der Waals surface area contributed by atoms with Crippen molar-refractivity contribution in [2.24, 2.45) is 17.6 Å². The van der Waals surface area contributed by atoms with E-state index in [1.165, 1.54) is 11.3 Å². The molecule has 3 rings (SSSR count). The van der Waals surface area contributed by atoms with Crippen molar-refractivity contribution in [1.82, 2.24) is 26.5 Å². The standard InChI is InChI=1S/C31H40N6O5S/c1-19(2)13-24(33-27(38)23-12-8-11-22(15-23)16-32)28(39)36-37-29(40)26-18-43-30(34-26)25(14-20(3)4)35-31(41)42-17-21-9-6-5-7-10-21/h5-12,15,18-20,24-25H,13-14,16-17,32H2,1-4H3,(H,33,38)(H,35,41)(H,36,39)(H,37,40)/t24-,25-/m0/s1. The Morgan fingerprint density at radius 3 is 2.23 bits per heavy atom. The van der Waals surface area contributed by atoms with Crippen LogP contribution in [0.2, 0.25) is 0 Å². The van der Waals surface area contributed by atoms with Crippen LogP contribution in [0.3, 0.4) is 0 Å². The number of rotatable bonds is 13. The molecule has 1 aromatic heterocycles. The van der Waals surface area contributed by atoms with Crippen molar-refractivity contribution in [3.05, 3.63) is 87.4 Å². The number of hydrazine groups is 1. The van der Waals surface area contributed by atoms with Crippen molar-refractivity contribution in [2.45, 2.75) is 65.8 Å². The zero-order valence-corrected chi connectivity index (χ0v) is 25.7. The number of nitrogens with one attached hydrogen (secondary N) is 4. The summed E-state index contributed by atoms with van der Waals surface area (Å²) < 4.78 is 5.36. The highest BCUT2D eigenvalue weighted by Crippen LogP contribution is 2.25. The van der Waals surface area contributed by atoms with Gasteiger partial charge in [-0.2, -0.15) is 0 Å². The quantitative estimate of drug-likeness (QED) is 0.181. The molecule has 0 aliphatic heterocycles. The van der Waals surface area contributed by atoms with Gasteiger partial charge < -0.3 is 21.1 Å². The Kier molecular flexibility index (Phi) is 12.6. The molecule has 1 heterocycles. The van der Waals surface area contributed by atoms with E-state index in [9.17, 15) is 19.2 Å².